The summed E-state index contributed by atoms with van der Waals surface area (Å²) in [5, 5.41) is 11.7. The van der Waals surface area contributed by atoms with Crippen LogP contribution >= 0.6 is 11.8 Å². The second-order valence-electron chi connectivity index (χ2n) is 4.81. The van der Waals surface area contributed by atoms with E-state index in [0.717, 1.165) is 29.0 Å². The Hall–Kier alpha value is -1.49. The van der Waals surface area contributed by atoms with Crippen molar-refractivity contribution in [1.82, 2.24) is 0 Å². The van der Waals surface area contributed by atoms with Crippen molar-refractivity contribution in [3.8, 4) is 0 Å². The van der Waals surface area contributed by atoms with E-state index in [1.165, 1.54) is 11.8 Å². The molecule has 2 atom stereocenters. The average molecular weight is 263 g/mol. The van der Waals surface area contributed by atoms with Crippen LogP contribution < -0.4 is 5.32 Å². The van der Waals surface area contributed by atoms with Gasteiger partial charge >= 0.3 is 5.97 Å². The van der Waals surface area contributed by atoms with Crippen LogP contribution in [0.2, 0.25) is 0 Å². The molecule has 0 saturated heterocycles. The molecule has 2 unspecified atom stereocenters. The van der Waals surface area contributed by atoms with Crippen LogP contribution in [0.1, 0.15) is 12.0 Å². The summed E-state index contributed by atoms with van der Waals surface area (Å²) in [6.45, 7) is 0. The topological polar surface area (TPSA) is 66.4 Å². The molecule has 1 saturated carbocycles. The van der Waals surface area contributed by atoms with E-state index in [1.807, 2.05) is 12.1 Å². The van der Waals surface area contributed by atoms with Crippen LogP contribution in [0.5, 0.6) is 0 Å². The molecule has 1 aliphatic carbocycles. The molecule has 0 aromatic heterocycles. The van der Waals surface area contributed by atoms with Crippen molar-refractivity contribution in [2.45, 2.75) is 17.7 Å². The predicted octanol–water partition coefficient (Wildman–Crippen LogP) is 1.99. The lowest BCUT2D eigenvalue weighted by molar-refractivity contribution is -0.138. The molecule has 1 aliphatic heterocycles. The van der Waals surface area contributed by atoms with Crippen LogP contribution in [-0.2, 0) is 16.0 Å². The zero-order chi connectivity index (χ0) is 12.7. The van der Waals surface area contributed by atoms with Gasteiger partial charge in [-0.25, -0.2) is 0 Å². The van der Waals surface area contributed by atoms with E-state index in [2.05, 4.69) is 11.4 Å². The number of carboxylic acid groups (broad SMARTS) is 1. The zero-order valence-electron chi connectivity index (χ0n) is 9.68. The third-order valence-corrected chi connectivity index (χ3v) is 4.47. The largest absolute Gasteiger partial charge is 0.481 e. The van der Waals surface area contributed by atoms with Crippen molar-refractivity contribution in [3.05, 3.63) is 23.8 Å². The number of carbonyl (C=O) groups excluding carboxylic acids is 1. The molecule has 0 radical (unpaired) electrons. The molecule has 2 aliphatic rings. The van der Waals surface area contributed by atoms with Crippen molar-refractivity contribution >= 4 is 29.3 Å². The maximum atomic E-state index is 11.2. The Morgan fingerprint density at radius 3 is 3.06 bits per heavy atom. The highest BCUT2D eigenvalue weighted by atomic mass is 32.2. The monoisotopic (exact) mass is 263 g/mol. The number of fused-ring (bicyclic) bond motifs is 1. The Morgan fingerprint density at radius 2 is 2.33 bits per heavy atom. The average Bonchev–Trinajstić information content (AvgIpc) is 3.09. The number of benzene rings is 1. The fourth-order valence-corrected chi connectivity index (χ4v) is 3.19. The van der Waals surface area contributed by atoms with Gasteiger partial charge in [-0.1, -0.05) is 6.07 Å². The highest BCUT2D eigenvalue weighted by Gasteiger charge is 2.42. The van der Waals surface area contributed by atoms with Gasteiger partial charge < -0.3 is 10.4 Å². The van der Waals surface area contributed by atoms with E-state index >= 15 is 0 Å². The van der Waals surface area contributed by atoms with Gasteiger partial charge in [-0.05, 0) is 36.5 Å². The molecule has 94 valence electrons. The number of nitrogens with one attached hydrogen (secondary N) is 1. The number of hydrogen-bond donors (Lipinski definition) is 2. The van der Waals surface area contributed by atoms with E-state index in [9.17, 15) is 9.59 Å². The van der Waals surface area contributed by atoms with Gasteiger partial charge in [0, 0.05) is 4.90 Å². The Kier molecular flexibility index (Phi) is 2.78. The Morgan fingerprint density at radius 1 is 1.50 bits per heavy atom. The molecule has 1 amide bonds. The minimum absolute atomic E-state index is 0.0355. The molecular formula is C13H13NO3S. The molecule has 5 heteroatoms. The van der Waals surface area contributed by atoms with Crippen LogP contribution in [0.25, 0.3) is 0 Å². The first-order valence-corrected chi connectivity index (χ1v) is 6.90. The van der Waals surface area contributed by atoms with E-state index in [4.69, 9.17) is 5.11 Å². The highest BCUT2D eigenvalue weighted by Crippen LogP contribution is 2.42. The highest BCUT2D eigenvalue weighted by molar-refractivity contribution is 8.00. The zero-order valence-corrected chi connectivity index (χ0v) is 10.5. The summed E-state index contributed by atoms with van der Waals surface area (Å²) in [5.41, 5.74) is 2.02. The number of anilines is 1. The second kappa shape index (κ2) is 4.31. The van der Waals surface area contributed by atoms with Gasteiger partial charge in [-0.3, -0.25) is 9.59 Å². The van der Waals surface area contributed by atoms with Crippen LogP contribution in [-0.4, -0.2) is 22.7 Å². The maximum Gasteiger partial charge on any atom is 0.306 e. The summed E-state index contributed by atoms with van der Waals surface area (Å²) in [6.07, 6.45) is 1.61. The predicted molar refractivity (Wildman–Crippen MR) is 68.7 cm³/mol. The number of aliphatic carboxylic acids is 1. The normalized spacial score (nSPS) is 25.2. The van der Waals surface area contributed by atoms with Crippen LogP contribution in [0.4, 0.5) is 5.69 Å². The van der Waals surface area contributed by atoms with Crippen LogP contribution in [0.15, 0.2) is 23.1 Å². The summed E-state index contributed by atoms with van der Waals surface area (Å²) in [6, 6.07) is 5.95. The molecule has 4 nitrogen and oxygen atoms in total. The van der Waals surface area contributed by atoms with Crippen molar-refractivity contribution in [3.63, 3.8) is 0 Å². The molecule has 1 heterocycles. The molecule has 1 fully saturated rings. The molecule has 2 N–H and O–H groups in total. The summed E-state index contributed by atoms with van der Waals surface area (Å²) in [5.74, 6) is -0.0671. The molecule has 0 bridgehead atoms. The molecule has 0 spiro atoms. The molecule has 18 heavy (non-hydrogen) atoms. The summed E-state index contributed by atoms with van der Waals surface area (Å²) >= 11 is 1.54. The Balaban J connectivity index is 1.71. The van der Waals surface area contributed by atoms with Gasteiger partial charge in [0.1, 0.15) is 0 Å². The number of thioether (sulfide) groups is 1. The second-order valence-corrected chi connectivity index (χ2v) is 5.83. The lowest BCUT2D eigenvalue weighted by Gasteiger charge is -2.16. The third kappa shape index (κ3) is 2.22. The number of amides is 1. The van der Waals surface area contributed by atoms with E-state index < -0.39 is 5.97 Å². The Bertz CT molecular complexity index is 529. The van der Waals surface area contributed by atoms with Crippen molar-refractivity contribution < 1.29 is 14.7 Å². The van der Waals surface area contributed by atoms with Crippen molar-refractivity contribution in [2.24, 2.45) is 11.8 Å². The lowest BCUT2D eigenvalue weighted by Crippen LogP contribution is -2.18. The van der Waals surface area contributed by atoms with E-state index in [0.29, 0.717) is 5.75 Å². The van der Waals surface area contributed by atoms with Crippen LogP contribution in [0.3, 0.4) is 0 Å². The number of hydrogen-bond acceptors (Lipinski definition) is 3. The summed E-state index contributed by atoms with van der Waals surface area (Å²) in [7, 11) is 0. The van der Waals surface area contributed by atoms with Gasteiger partial charge in [0.2, 0.25) is 5.91 Å². The van der Waals surface area contributed by atoms with Crippen LogP contribution in [0, 0.1) is 11.8 Å². The quantitative estimate of drug-likeness (QED) is 0.875. The molecule has 1 aromatic rings. The number of carbonyl (C=O) groups is 2. The minimum atomic E-state index is -0.681. The van der Waals surface area contributed by atoms with Gasteiger partial charge in [0.05, 0.1) is 17.4 Å². The molecule has 1 aromatic carbocycles. The van der Waals surface area contributed by atoms with E-state index in [1.54, 1.807) is 0 Å². The smallest absolute Gasteiger partial charge is 0.306 e. The van der Waals surface area contributed by atoms with Gasteiger partial charge in [-0.15, -0.1) is 11.8 Å². The first kappa shape index (κ1) is 11.6. The standard InChI is InChI=1S/C13H13NO3S/c15-12-6-18-11-4-7(1-2-10(11)14-12)3-8-5-9(8)13(16)17/h1-2,4,8-9H,3,5-6H2,(H,14,15)(H,16,17). The fraction of sp³-hybridized carbons (Fsp3) is 0.385. The molecular weight excluding hydrogens is 250 g/mol. The summed E-state index contributed by atoms with van der Waals surface area (Å²) < 4.78 is 0. The van der Waals surface area contributed by atoms with Gasteiger partial charge in [-0.2, -0.15) is 0 Å². The maximum absolute atomic E-state index is 11.2. The van der Waals surface area contributed by atoms with E-state index in [-0.39, 0.29) is 17.7 Å². The Labute approximate surface area is 109 Å². The number of rotatable bonds is 3. The fourth-order valence-electron chi connectivity index (χ4n) is 2.32. The van der Waals surface area contributed by atoms with Gasteiger partial charge in [0.25, 0.3) is 0 Å². The first-order chi connectivity index (χ1) is 8.63. The lowest BCUT2D eigenvalue weighted by atomic mass is 10.1. The summed E-state index contributed by atoms with van der Waals surface area (Å²) in [4.78, 5) is 23.1. The van der Waals surface area contributed by atoms with Gasteiger partial charge in [0.15, 0.2) is 0 Å². The first-order valence-electron chi connectivity index (χ1n) is 5.92. The third-order valence-electron chi connectivity index (χ3n) is 3.42. The van der Waals surface area contributed by atoms with Crippen molar-refractivity contribution in [2.75, 3.05) is 11.1 Å². The van der Waals surface area contributed by atoms with Crippen molar-refractivity contribution in [1.29, 1.82) is 0 Å². The number of carboxylic acids is 1. The SMILES string of the molecule is O=C1CSc2cc(CC3CC3C(=O)O)ccc2N1. The molecule has 3 rings (SSSR count). The minimum Gasteiger partial charge on any atom is -0.481 e.